The van der Waals surface area contributed by atoms with Crippen molar-refractivity contribution < 1.29 is 4.79 Å². The highest BCUT2D eigenvalue weighted by atomic mass is 35.5. The molecule has 21 heavy (non-hydrogen) atoms. The van der Waals surface area contributed by atoms with Gasteiger partial charge >= 0.3 is 0 Å². The Morgan fingerprint density at radius 1 is 1.29 bits per heavy atom. The van der Waals surface area contributed by atoms with E-state index in [1.165, 1.54) is 12.8 Å². The van der Waals surface area contributed by atoms with E-state index in [-0.39, 0.29) is 5.91 Å². The van der Waals surface area contributed by atoms with Gasteiger partial charge in [-0.3, -0.25) is 4.79 Å². The highest BCUT2D eigenvalue weighted by Gasteiger charge is 2.38. The van der Waals surface area contributed by atoms with E-state index in [0.717, 1.165) is 18.4 Å². The van der Waals surface area contributed by atoms with Crippen LogP contribution in [0.4, 0.5) is 0 Å². The van der Waals surface area contributed by atoms with Crippen molar-refractivity contribution in [2.24, 2.45) is 0 Å². The van der Waals surface area contributed by atoms with Crippen LogP contribution in [0.3, 0.4) is 0 Å². The first-order chi connectivity index (χ1) is 10.1. The maximum atomic E-state index is 12.1. The Bertz CT molecular complexity index is 543. The number of hydrogen-bond donors (Lipinski definition) is 1. The second-order valence-corrected chi connectivity index (χ2v) is 6.49. The topological polar surface area (TPSA) is 32.3 Å². The molecule has 1 aromatic rings. The number of amides is 1. The number of fused-ring (bicyclic) bond motifs is 2. The summed E-state index contributed by atoms with van der Waals surface area (Å²) < 4.78 is 0. The van der Waals surface area contributed by atoms with Crippen LogP contribution in [0.1, 0.15) is 31.2 Å². The molecule has 2 aliphatic heterocycles. The molecule has 2 saturated heterocycles. The number of carbonyl (C=O) groups excluding carboxylic acids is 1. The van der Waals surface area contributed by atoms with Crippen LogP contribution in [0.25, 0.3) is 6.08 Å². The summed E-state index contributed by atoms with van der Waals surface area (Å²) in [6.07, 6.45) is 8.03. The van der Waals surface area contributed by atoms with E-state index < -0.39 is 0 Å². The van der Waals surface area contributed by atoms with Gasteiger partial charge in [0, 0.05) is 29.2 Å². The van der Waals surface area contributed by atoms with Crippen LogP contribution in [-0.2, 0) is 4.79 Å². The SMILES string of the molecule is CN1C2CCC1CC(NC(=O)/C=C/c1ccccc1Cl)C2. The Morgan fingerprint density at radius 2 is 1.95 bits per heavy atom. The summed E-state index contributed by atoms with van der Waals surface area (Å²) in [6.45, 7) is 0. The molecule has 2 fully saturated rings. The van der Waals surface area contributed by atoms with Crippen molar-refractivity contribution >= 4 is 23.6 Å². The fourth-order valence-corrected chi connectivity index (χ4v) is 3.75. The Balaban J connectivity index is 1.57. The number of carbonyl (C=O) groups is 1. The predicted molar refractivity (Wildman–Crippen MR) is 86.2 cm³/mol. The van der Waals surface area contributed by atoms with Gasteiger partial charge in [-0.05, 0) is 50.4 Å². The highest BCUT2D eigenvalue weighted by Crippen LogP contribution is 2.34. The molecule has 3 rings (SSSR count). The first kappa shape index (κ1) is 14.6. The van der Waals surface area contributed by atoms with Gasteiger partial charge < -0.3 is 10.2 Å². The molecule has 112 valence electrons. The summed E-state index contributed by atoms with van der Waals surface area (Å²) in [7, 11) is 2.21. The van der Waals surface area contributed by atoms with Gasteiger partial charge in [0.1, 0.15) is 0 Å². The van der Waals surface area contributed by atoms with E-state index in [2.05, 4.69) is 17.3 Å². The Kier molecular flexibility index (Phi) is 4.32. The first-order valence-electron chi connectivity index (χ1n) is 7.58. The summed E-state index contributed by atoms with van der Waals surface area (Å²) in [6, 6.07) is 9.12. The lowest BCUT2D eigenvalue weighted by Crippen LogP contribution is -2.48. The average Bonchev–Trinajstić information content (AvgIpc) is 2.69. The number of nitrogens with one attached hydrogen (secondary N) is 1. The van der Waals surface area contributed by atoms with Crippen molar-refractivity contribution in [3.8, 4) is 0 Å². The fraction of sp³-hybridized carbons (Fsp3) is 0.471. The smallest absolute Gasteiger partial charge is 0.244 e. The number of benzene rings is 1. The van der Waals surface area contributed by atoms with E-state index >= 15 is 0 Å². The summed E-state index contributed by atoms with van der Waals surface area (Å²) in [5.74, 6) is -0.0242. The van der Waals surface area contributed by atoms with Gasteiger partial charge in [-0.2, -0.15) is 0 Å². The zero-order chi connectivity index (χ0) is 14.8. The van der Waals surface area contributed by atoms with E-state index in [4.69, 9.17) is 11.6 Å². The molecule has 0 saturated carbocycles. The minimum Gasteiger partial charge on any atom is -0.350 e. The van der Waals surface area contributed by atoms with Crippen LogP contribution in [0, 0.1) is 0 Å². The second-order valence-electron chi connectivity index (χ2n) is 6.08. The van der Waals surface area contributed by atoms with Crippen LogP contribution in [0.2, 0.25) is 5.02 Å². The van der Waals surface area contributed by atoms with Gasteiger partial charge in [0.05, 0.1) is 0 Å². The molecule has 0 aliphatic carbocycles. The lowest BCUT2D eigenvalue weighted by atomic mass is 9.98. The van der Waals surface area contributed by atoms with Crippen LogP contribution in [0.15, 0.2) is 30.3 Å². The molecule has 2 atom stereocenters. The molecule has 0 spiro atoms. The van der Waals surface area contributed by atoms with Gasteiger partial charge in [-0.25, -0.2) is 0 Å². The molecule has 3 nitrogen and oxygen atoms in total. The van der Waals surface area contributed by atoms with Gasteiger partial charge in [-0.15, -0.1) is 0 Å². The summed E-state index contributed by atoms with van der Waals surface area (Å²) >= 11 is 6.07. The summed E-state index contributed by atoms with van der Waals surface area (Å²) in [5.41, 5.74) is 0.873. The zero-order valence-electron chi connectivity index (χ0n) is 12.3. The third-order valence-electron chi connectivity index (χ3n) is 4.76. The minimum absolute atomic E-state index is 0.0242. The Labute approximate surface area is 131 Å². The monoisotopic (exact) mass is 304 g/mol. The molecule has 1 amide bonds. The van der Waals surface area contributed by atoms with E-state index in [1.54, 1.807) is 12.2 Å². The maximum Gasteiger partial charge on any atom is 0.244 e. The molecule has 2 aliphatic rings. The molecule has 1 aromatic carbocycles. The van der Waals surface area contributed by atoms with Crippen LogP contribution >= 0.6 is 11.6 Å². The molecule has 2 heterocycles. The largest absolute Gasteiger partial charge is 0.350 e. The van der Waals surface area contributed by atoms with E-state index in [9.17, 15) is 4.79 Å². The maximum absolute atomic E-state index is 12.1. The number of rotatable bonds is 3. The third-order valence-corrected chi connectivity index (χ3v) is 5.11. The van der Waals surface area contributed by atoms with Crippen molar-refractivity contribution in [3.63, 3.8) is 0 Å². The molecular weight excluding hydrogens is 284 g/mol. The molecular formula is C17H21ClN2O. The summed E-state index contributed by atoms with van der Waals surface area (Å²) in [5, 5.41) is 3.80. The van der Waals surface area contributed by atoms with Crippen LogP contribution in [0.5, 0.6) is 0 Å². The van der Waals surface area contributed by atoms with Crippen LogP contribution < -0.4 is 5.32 Å². The normalized spacial score (nSPS) is 29.0. The molecule has 0 aromatic heterocycles. The molecule has 0 radical (unpaired) electrons. The van der Waals surface area contributed by atoms with E-state index in [0.29, 0.717) is 23.1 Å². The first-order valence-corrected chi connectivity index (χ1v) is 7.96. The Morgan fingerprint density at radius 3 is 2.62 bits per heavy atom. The van der Waals surface area contributed by atoms with Gasteiger partial charge in [0.15, 0.2) is 0 Å². The number of halogens is 1. The molecule has 2 unspecified atom stereocenters. The molecule has 2 bridgehead atoms. The minimum atomic E-state index is -0.0242. The van der Waals surface area contributed by atoms with Crippen molar-refractivity contribution in [1.82, 2.24) is 10.2 Å². The molecule has 4 heteroatoms. The lowest BCUT2D eigenvalue weighted by Gasteiger charge is -2.36. The lowest BCUT2D eigenvalue weighted by molar-refractivity contribution is -0.117. The average molecular weight is 305 g/mol. The van der Waals surface area contributed by atoms with Crippen molar-refractivity contribution in [2.45, 2.75) is 43.8 Å². The number of nitrogens with zero attached hydrogens (tertiary/aromatic N) is 1. The second kappa shape index (κ2) is 6.20. The standard InChI is InChI=1S/C17H21ClN2O/c1-20-14-7-8-15(20)11-13(10-14)19-17(21)9-6-12-4-2-3-5-16(12)18/h2-6,9,13-15H,7-8,10-11H2,1H3,(H,19,21)/b9-6+. The zero-order valence-corrected chi connectivity index (χ0v) is 13.0. The Hall–Kier alpha value is -1.32. The predicted octanol–water partition coefficient (Wildman–Crippen LogP) is 3.09. The van der Waals surface area contributed by atoms with E-state index in [1.807, 2.05) is 24.3 Å². The number of piperidine rings is 1. The van der Waals surface area contributed by atoms with Crippen LogP contribution in [-0.4, -0.2) is 36.0 Å². The summed E-state index contributed by atoms with van der Waals surface area (Å²) in [4.78, 5) is 14.5. The van der Waals surface area contributed by atoms with Gasteiger partial charge in [0.25, 0.3) is 0 Å². The van der Waals surface area contributed by atoms with Crippen molar-refractivity contribution in [1.29, 1.82) is 0 Å². The van der Waals surface area contributed by atoms with Crippen molar-refractivity contribution in [2.75, 3.05) is 7.05 Å². The quantitative estimate of drug-likeness (QED) is 0.870. The molecule has 1 N–H and O–H groups in total. The number of hydrogen-bond acceptors (Lipinski definition) is 2. The fourth-order valence-electron chi connectivity index (χ4n) is 3.55. The highest BCUT2D eigenvalue weighted by molar-refractivity contribution is 6.32. The third kappa shape index (κ3) is 3.30. The van der Waals surface area contributed by atoms with Gasteiger partial charge in [-0.1, -0.05) is 29.8 Å². The van der Waals surface area contributed by atoms with Gasteiger partial charge in [0.2, 0.25) is 5.91 Å². The van der Waals surface area contributed by atoms with Crippen molar-refractivity contribution in [3.05, 3.63) is 40.9 Å².